The van der Waals surface area contributed by atoms with Crippen molar-refractivity contribution in [1.29, 1.82) is 0 Å². The third kappa shape index (κ3) is 3.02. The van der Waals surface area contributed by atoms with E-state index < -0.39 is 0 Å². The van der Waals surface area contributed by atoms with E-state index >= 15 is 0 Å². The average molecular weight is 305 g/mol. The lowest BCUT2D eigenvalue weighted by Crippen LogP contribution is -2.46. The monoisotopic (exact) mass is 305 g/mol. The van der Waals surface area contributed by atoms with Crippen molar-refractivity contribution in [3.8, 4) is 0 Å². The number of fused-ring (bicyclic) bond motifs is 1. The first-order valence-electron chi connectivity index (χ1n) is 8.08. The van der Waals surface area contributed by atoms with Crippen LogP contribution in [0, 0.1) is 17.3 Å². The molecule has 0 amide bonds. The lowest BCUT2D eigenvalue weighted by Gasteiger charge is -2.44. The van der Waals surface area contributed by atoms with Gasteiger partial charge in [-0.2, -0.15) is 0 Å². The summed E-state index contributed by atoms with van der Waals surface area (Å²) < 4.78 is 2.15. The van der Waals surface area contributed by atoms with Gasteiger partial charge in [-0.15, -0.1) is 11.3 Å². The fraction of sp³-hybridized carbons (Fsp3) is 0.706. The molecular weight excluding hydrogens is 278 g/mol. The van der Waals surface area contributed by atoms with E-state index in [1.807, 2.05) is 0 Å². The normalized spacial score (nSPS) is 27.3. The van der Waals surface area contributed by atoms with Crippen molar-refractivity contribution in [2.45, 2.75) is 52.5 Å². The number of aromatic nitrogens is 2. The molecular formula is C17H27N3S. The Bertz CT molecular complexity index is 569. The van der Waals surface area contributed by atoms with Crippen molar-refractivity contribution >= 4 is 16.3 Å². The van der Waals surface area contributed by atoms with Crippen LogP contribution in [0.4, 0.5) is 0 Å². The maximum Gasteiger partial charge on any atom is 0.193 e. The van der Waals surface area contributed by atoms with Crippen LogP contribution in [0.1, 0.15) is 45.7 Å². The van der Waals surface area contributed by atoms with E-state index in [1.54, 1.807) is 11.3 Å². The van der Waals surface area contributed by atoms with Gasteiger partial charge in [-0.1, -0.05) is 27.2 Å². The SMILES string of the molecule is CNC1CC(C)CCC1C(C)(C)Cc1cn2ccsc2n1. The summed E-state index contributed by atoms with van der Waals surface area (Å²) >= 11 is 1.71. The van der Waals surface area contributed by atoms with Crippen LogP contribution in [-0.2, 0) is 6.42 Å². The number of hydrogen-bond acceptors (Lipinski definition) is 3. The first-order chi connectivity index (χ1) is 9.99. The Morgan fingerprint density at radius 1 is 1.43 bits per heavy atom. The van der Waals surface area contributed by atoms with E-state index in [9.17, 15) is 0 Å². The van der Waals surface area contributed by atoms with Crippen molar-refractivity contribution in [1.82, 2.24) is 14.7 Å². The first-order valence-corrected chi connectivity index (χ1v) is 8.96. The molecule has 3 atom stereocenters. The summed E-state index contributed by atoms with van der Waals surface area (Å²) in [5.41, 5.74) is 1.53. The lowest BCUT2D eigenvalue weighted by atomic mass is 9.65. The van der Waals surface area contributed by atoms with Gasteiger partial charge in [0.2, 0.25) is 0 Å². The van der Waals surface area contributed by atoms with Gasteiger partial charge in [0.25, 0.3) is 0 Å². The minimum absolute atomic E-state index is 0.290. The molecule has 0 aromatic carbocycles. The van der Waals surface area contributed by atoms with Crippen molar-refractivity contribution < 1.29 is 0 Å². The number of nitrogens with one attached hydrogen (secondary N) is 1. The van der Waals surface area contributed by atoms with Crippen LogP contribution in [0.15, 0.2) is 17.8 Å². The third-order valence-corrected chi connectivity index (χ3v) is 6.04. The van der Waals surface area contributed by atoms with E-state index in [-0.39, 0.29) is 5.41 Å². The van der Waals surface area contributed by atoms with Gasteiger partial charge in [-0.3, -0.25) is 4.40 Å². The first kappa shape index (κ1) is 15.0. The zero-order valence-electron chi connectivity index (χ0n) is 13.6. The molecule has 21 heavy (non-hydrogen) atoms. The molecule has 3 rings (SSSR count). The van der Waals surface area contributed by atoms with Crippen molar-refractivity contribution in [3.63, 3.8) is 0 Å². The molecule has 1 N–H and O–H groups in total. The number of imidazole rings is 1. The highest BCUT2D eigenvalue weighted by Crippen LogP contribution is 2.42. The molecule has 2 heterocycles. The van der Waals surface area contributed by atoms with Crippen LogP contribution in [-0.4, -0.2) is 22.5 Å². The number of rotatable bonds is 4. The van der Waals surface area contributed by atoms with Crippen LogP contribution in [0.25, 0.3) is 4.96 Å². The van der Waals surface area contributed by atoms with Gasteiger partial charge in [0.1, 0.15) is 0 Å². The zero-order chi connectivity index (χ0) is 15.0. The molecule has 0 aliphatic heterocycles. The molecule has 0 spiro atoms. The Labute approximate surface area is 131 Å². The Hall–Kier alpha value is -0.870. The van der Waals surface area contributed by atoms with Gasteiger partial charge in [-0.25, -0.2) is 4.98 Å². The molecule has 116 valence electrons. The third-order valence-electron chi connectivity index (χ3n) is 5.27. The number of nitrogens with zero attached hydrogens (tertiary/aromatic N) is 2. The van der Waals surface area contributed by atoms with Gasteiger partial charge in [0.15, 0.2) is 4.96 Å². The molecule has 0 saturated heterocycles. The van der Waals surface area contributed by atoms with Crippen LogP contribution in [0.5, 0.6) is 0 Å². The summed E-state index contributed by atoms with van der Waals surface area (Å²) in [6, 6.07) is 0.646. The van der Waals surface area contributed by atoms with Crippen molar-refractivity contribution in [3.05, 3.63) is 23.5 Å². The number of hydrogen-bond donors (Lipinski definition) is 1. The van der Waals surface area contributed by atoms with Crippen LogP contribution in [0.2, 0.25) is 0 Å². The van der Waals surface area contributed by atoms with Gasteiger partial charge in [0.05, 0.1) is 5.69 Å². The Balaban J connectivity index is 1.77. The van der Waals surface area contributed by atoms with Crippen LogP contribution in [0.3, 0.4) is 0 Å². The lowest BCUT2D eigenvalue weighted by molar-refractivity contribution is 0.0973. The smallest absolute Gasteiger partial charge is 0.193 e. The Morgan fingerprint density at radius 3 is 2.95 bits per heavy atom. The predicted octanol–water partition coefficient (Wildman–Crippen LogP) is 3.99. The maximum absolute atomic E-state index is 4.78. The molecule has 4 heteroatoms. The summed E-state index contributed by atoms with van der Waals surface area (Å²) in [7, 11) is 2.12. The van der Waals surface area contributed by atoms with E-state index in [2.05, 4.69) is 55.3 Å². The van der Waals surface area contributed by atoms with Crippen molar-refractivity contribution in [2.24, 2.45) is 17.3 Å². The molecule has 1 saturated carbocycles. The maximum atomic E-state index is 4.78. The number of thiazole rings is 1. The van der Waals surface area contributed by atoms with Crippen LogP contribution < -0.4 is 5.32 Å². The highest BCUT2D eigenvalue weighted by molar-refractivity contribution is 7.15. The summed E-state index contributed by atoms with van der Waals surface area (Å²) in [5, 5.41) is 5.67. The quantitative estimate of drug-likeness (QED) is 0.925. The second-order valence-electron chi connectivity index (χ2n) is 7.41. The predicted molar refractivity (Wildman–Crippen MR) is 89.9 cm³/mol. The molecule has 0 bridgehead atoms. The van der Waals surface area contributed by atoms with E-state index in [0.29, 0.717) is 6.04 Å². The zero-order valence-corrected chi connectivity index (χ0v) is 14.4. The summed E-state index contributed by atoms with van der Waals surface area (Å²) in [6.07, 6.45) is 9.38. The van der Waals surface area contributed by atoms with Gasteiger partial charge < -0.3 is 5.32 Å². The molecule has 1 fully saturated rings. The summed E-state index contributed by atoms with van der Waals surface area (Å²) in [6.45, 7) is 7.23. The topological polar surface area (TPSA) is 29.3 Å². The minimum Gasteiger partial charge on any atom is -0.317 e. The molecule has 2 aromatic rings. The van der Waals surface area contributed by atoms with Gasteiger partial charge in [0, 0.05) is 23.8 Å². The van der Waals surface area contributed by atoms with E-state index in [0.717, 1.165) is 23.2 Å². The highest BCUT2D eigenvalue weighted by Gasteiger charge is 2.38. The second-order valence-corrected chi connectivity index (χ2v) is 8.28. The Kier molecular flexibility index (Phi) is 4.10. The van der Waals surface area contributed by atoms with E-state index in [1.165, 1.54) is 25.0 Å². The highest BCUT2D eigenvalue weighted by atomic mass is 32.1. The molecule has 1 aliphatic carbocycles. The largest absolute Gasteiger partial charge is 0.317 e. The molecule has 2 aromatic heterocycles. The van der Waals surface area contributed by atoms with E-state index in [4.69, 9.17) is 4.98 Å². The average Bonchev–Trinajstić information content (AvgIpc) is 2.98. The fourth-order valence-electron chi connectivity index (χ4n) is 4.09. The molecule has 3 unspecified atom stereocenters. The molecule has 3 nitrogen and oxygen atoms in total. The van der Waals surface area contributed by atoms with Crippen LogP contribution >= 0.6 is 11.3 Å². The molecule has 0 radical (unpaired) electrons. The van der Waals surface area contributed by atoms with Gasteiger partial charge in [-0.05, 0) is 43.6 Å². The van der Waals surface area contributed by atoms with Gasteiger partial charge >= 0.3 is 0 Å². The molecule has 1 aliphatic rings. The summed E-state index contributed by atoms with van der Waals surface area (Å²) in [5.74, 6) is 1.59. The minimum atomic E-state index is 0.290. The standard InChI is InChI=1S/C17H27N3S/c1-12-5-6-14(15(9-12)18-4)17(2,3)10-13-11-20-7-8-21-16(20)19-13/h7-8,11-12,14-15,18H,5-6,9-10H2,1-4H3. The second kappa shape index (κ2) is 5.73. The summed E-state index contributed by atoms with van der Waals surface area (Å²) in [4.78, 5) is 5.89. The Morgan fingerprint density at radius 2 is 2.24 bits per heavy atom. The fourth-order valence-corrected chi connectivity index (χ4v) is 4.81. The van der Waals surface area contributed by atoms with Crippen molar-refractivity contribution in [2.75, 3.05) is 7.05 Å².